The second kappa shape index (κ2) is 4.47. The molecule has 0 fully saturated rings. The summed E-state index contributed by atoms with van der Waals surface area (Å²) in [5.74, 6) is 0. The van der Waals surface area contributed by atoms with E-state index in [9.17, 15) is 0 Å². The molecule has 0 unspecified atom stereocenters. The van der Waals surface area contributed by atoms with E-state index in [1.54, 1.807) is 0 Å². The van der Waals surface area contributed by atoms with E-state index >= 15 is 0 Å². The molecule has 0 rings (SSSR count). The minimum absolute atomic E-state index is 1.38. The summed E-state index contributed by atoms with van der Waals surface area (Å²) in [6.45, 7) is 0. The van der Waals surface area contributed by atoms with E-state index in [0.717, 1.165) is 0 Å². The molecule has 7 heavy (non-hydrogen) atoms. The fourth-order valence-corrected chi connectivity index (χ4v) is 0.671. The lowest BCUT2D eigenvalue weighted by Crippen LogP contribution is -1.81. The lowest BCUT2D eigenvalue weighted by molar-refractivity contribution is 0.239. The van der Waals surface area contributed by atoms with Gasteiger partial charge in [0.25, 0.3) is 0 Å². The summed E-state index contributed by atoms with van der Waals surface area (Å²) in [6.07, 6.45) is 0. The Balaban J connectivity index is 3.58. The fourth-order valence-electron chi connectivity index (χ4n) is 0.224. The lowest BCUT2D eigenvalue weighted by Gasteiger charge is -1.95. The Kier molecular flexibility index (Phi) is 3.48. The molecule has 3 nitrogen and oxygen atoms in total. The van der Waals surface area contributed by atoms with E-state index < -0.39 is 8.55 Å². The summed E-state index contributed by atoms with van der Waals surface area (Å²) in [5, 5.41) is 0. The Hall–Kier alpha value is 0.310. The van der Waals surface area contributed by atoms with Crippen LogP contribution in [0.5, 0.6) is 0 Å². The number of hydrogen-bond donors (Lipinski definition) is 0. The van der Waals surface area contributed by atoms with Crippen molar-refractivity contribution in [2.45, 2.75) is 0 Å². The van der Waals surface area contributed by atoms with Crippen molar-refractivity contribution in [1.29, 1.82) is 1.28 Å². The minimum Gasteiger partial charge on any atom is -0.183 e. The van der Waals surface area contributed by atoms with Crippen LogP contribution in [0.4, 0.5) is 0 Å². The molecular formula is C3H10O3P+. The molecule has 0 aromatic carbocycles. The van der Waals surface area contributed by atoms with Crippen LogP contribution in [0.25, 0.3) is 0 Å². The minimum atomic E-state index is -2.66. The van der Waals surface area contributed by atoms with Crippen LogP contribution in [0.15, 0.2) is 0 Å². The van der Waals surface area contributed by atoms with Gasteiger partial charge < -0.3 is 0 Å². The van der Waals surface area contributed by atoms with Crippen molar-refractivity contribution in [3.05, 3.63) is 0 Å². The van der Waals surface area contributed by atoms with E-state index in [4.69, 9.17) is 1.28 Å². The Morgan fingerprint density at radius 2 is 1.43 bits per heavy atom. The molecule has 0 aliphatic carbocycles. The monoisotopic (exact) mass is 127 g/mol. The molecule has 0 spiro atoms. The van der Waals surface area contributed by atoms with Crippen LogP contribution >= 0.6 is 8.55 Å². The predicted octanol–water partition coefficient (Wildman–Crippen LogP) is 0.885. The van der Waals surface area contributed by atoms with Crippen LogP contribution in [0, 0.1) is 0 Å². The van der Waals surface area contributed by atoms with Crippen LogP contribution in [0.1, 0.15) is 0 Å². The molecule has 0 amide bonds. The third-order valence-electron chi connectivity index (χ3n) is 0.447. The van der Waals surface area contributed by atoms with E-state index in [1.807, 2.05) is 0 Å². The Morgan fingerprint density at radius 1 is 1.14 bits per heavy atom. The topological polar surface area (TPSA) is 27.7 Å². The molecule has 44 valence electrons. The second-order valence-electron chi connectivity index (χ2n) is 0.771. The molecule has 0 aromatic heterocycles. The van der Waals surface area contributed by atoms with E-state index in [-0.39, 0.29) is 0 Å². The lowest BCUT2D eigenvalue weighted by atomic mass is 11.8. The van der Waals surface area contributed by atoms with Gasteiger partial charge in [-0.3, -0.25) is 0 Å². The molecular weight excluding hydrogens is 115 g/mol. The van der Waals surface area contributed by atoms with Gasteiger partial charge in [-0.05, 0) is 0 Å². The molecule has 0 atom stereocenters. The quantitative estimate of drug-likeness (QED) is 0.527. The van der Waals surface area contributed by atoms with Gasteiger partial charge in [0.1, 0.15) is 0 Å². The van der Waals surface area contributed by atoms with Crippen LogP contribution in [0.3, 0.4) is 0 Å². The van der Waals surface area contributed by atoms with E-state index in [2.05, 4.69) is 13.6 Å². The summed E-state index contributed by atoms with van der Waals surface area (Å²) in [7, 11) is 1.49. The average Bonchev–Trinajstić information content (AvgIpc) is 1.87. The van der Waals surface area contributed by atoms with Gasteiger partial charge in [0, 0.05) is 0 Å². The van der Waals surface area contributed by atoms with Gasteiger partial charge in [-0.2, -0.15) is 13.6 Å². The van der Waals surface area contributed by atoms with Crippen molar-refractivity contribution in [2.24, 2.45) is 0 Å². The van der Waals surface area contributed by atoms with Crippen molar-refractivity contribution in [3.63, 3.8) is 0 Å². The summed E-state index contributed by atoms with van der Waals surface area (Å²) < 4.78 is 20.8. The molecule has 4 heteroatoms. The van der Waals surface area contributed by atoms with Gasteiger partial charge in [-0.15, -0.1) is 0 Å². The van der Waals surface area contributed by atoms with E-state index in [1.165, 1.54) is 21.3 Å². The second-order valence-corrected chi connectivity index (χ2v) is 2.31. The zero-order valence-corrected chi connectivity index (χ0v) is 5.57. The first-order valence-electron chi connectivity index (χ1n) is 2.22. The SMILES string of the molecule is [3H][P+](OC)(OC)OC. The maximum Gasteiger partial charge on any atom is 0.397 e. The highest BCUT2D eigenvalue weighted by atomic mass is 31.2. The van der Waals surface area contributed by atoms with Gasteiger partial charge in [-0.25, -0.2) is 0 Å². The van der Waals surface area contributed by atoms with Gasteiger partial charge in [0.05, 0.1) is 21.3 Å². The predicted molar refractivity (Wildman–Crippen MR) is 29.3 cm³/mol. The Labute approximate surface area is 45.9 Å². The highest BCUT2D eigenvalue weighted by Gasteiger charge is 2.09. The maximum atomic E-state index is 7.11. The first-order valence-corrected chi connectivity index (χ1v) is 2.87. The highest BCUT2D eigenvalue weighted by Crippen LogP contribution is 2.35. The largest absolute Gasteiger partial charge is 0.397 e. The highest BCUT2D eigenvalue weighted by molar-refractivity contribution is 7.41. The molecule has 0 radical (unpaired) electrons. The first-order chi connectivity index (χ1) is 3.68. The van der Waals surface area contributed by atoms with Gasteiger partial charge >= 0.3 is 9.83 Å². The molecule has 0 N–H and O–H groups in total. The van der Waals surface area contributed by atoms with Gasteiger partial charge in [0.15, 0.2) is 0 Å². The third kappa shape index (κ3) is 2.94. The summed E-state index contributed by atoms with van der Waals surface area (Å²) in [6, 6.07) is 0. The molecule has 0 saturated heterocycles. The van der Waals surface area contributed by atoms with Crippen molar-refractivity contribution in [3.8, 4) is 0 Å². The molecule has 0 saturated carbocycles. The van der Waals surface area contributed by atoms with Gasteiger partial charge in [0.2, 0.25) is 0 Å². The Morgan fingerprint density at radius 3 is 1.43 bits per heavy atom. The maximum absolute atomic E-state index is 7.11. The van der Waals surface area contributed by atoms with E-state index in [0.29, 0.717) is 0 Å². The van der Waals surface area contributed by atoms with Crippen molar-refractivity contribution in [2.75, 3.05) is 21.3 Å². The normalized spacial score (nSPS) is 13.9. The summed E-state index contributed by atoms with van der Waals surface area (Å²) in [5.41, 5.74) is 0. The molecule has 0 aliphatic rings. The zero-order chi connectivity index (χ0) is 6.62. The fraction of sp³-hybridized carbons (Fsp3) is 1.00. The van der Waals surface area contributed by atoms with Crippen molar-refractivity contribution >= 4 is 8.55 Å². The average molecular weight is 127 g/mol. The van der Waals surface area contributed by atoms with Gasteiger partial charge in [-0.1, -0.05) is 0 Å². The van der Waals surface area contributed by atoms with Crippen molar-refractivity contribution in [1.82, 2.24) is 0 Å². The molecule has 0 aliphatic heterocycles. The first kappa shape index (κ1) is 5.45. The molecule has 0 bridgehead atoms. The molecule has 0 heterocycles. The van der Waals surface area contributed by atoms with Crippen LogP contribution in [-0.2, 0) is 13.6 Å². The smallest absolute Gasteiger partial charge is 0.183 e. The number of hydrogen-bond acceptors (Lipinski definition) is 3. The summed E-state index contributed by atoms with van der Waals surface area (Å²) >= 11 is 0. The van der Waals surface area contributed by atoms with Crippen LogP contribution < -0.4 is 0 Å². The summed E-state index contributed by atoms with van der Waals surface area (Å²) in [4.78, 5) is 0. The Bertz CT molecular complexity index is 57.3. The molecule has 0 aromatic rings. The van der Waals surface area contributed by atoms with Crippen LogP contribution in [0.2, 0.25) is 0 Å². The zero-order valence-electron chi connectivity index (χ0n) is 5.67. The van der Waals surface area contributed by atoms with Crippen LogP contribution in [-0.4, -0.2) is 22.6 Å². The third-order valence-corrected chi connectivity index (χ3v) is 1.34. The van der Waals surface area contributed by atoms with Crippen molar-refractivity contribution < 1.29 is 13.6 Å². The number of rotatable bonds is 3. The standard InChI is InChI=1S/C3H10O3P/c1-4-7(5-2)6-3/h7H,1-3H3/q+1/i7T.